The van der Waals surface area contributed by atoms with Gasteiger partial charge >= 0.3 is 5.97 Å². The van der Waals surface area contributed by atoms with E-state index in [1.807, 2.05) is 30.3 Å². The maximum atomic E-state index is 12.4. The van der Waals surface area contributed by atoms with Crippen molar-refractivity contribution in [2.75, 3.05) is 0 Å². The minimum absolute atomic E-state index is 0.0985. The molecule has 2 aromatic carbocycles. The van der Waals surface area contributed by atoms with Crippen molar-refractivity contribution in [2.24, 2.45) is 10.2 Å². The lowest BCUT2D eigenvalue weighted by Crippen LogP contribution is -2.43. The summed E-state index contributed by atoms with van der Waals surface area (Å²) in [6.45, 7) is 3.97. The average molecular weight is 483 g/mol. The van der Waals surface area contributed by atoms with E-state index < -0.39 is 23.2 Å². The van der Waals surface area contributed by atoms with Gasteiger partial charge in [0.2, 0.25) is 11.8 Å². The summed E-state index contributed by atoms with van der Waals surface area (Å²) < 4.78 is 5.74. The summed E-state index contributed by atoms with van der Waals surface area (Å²) in [7, 11) is 0. The van der Waals surface area contributed by atoms with Crippen molar-refractivity contribution in [3.63, 3.8) is 0 Å². The number of rotatable bonds is 10. The second-order valence-corrected chi connectivity index (χ2v) is 9.02. The van der Waals surface area contributed by atoms with Crippen molar-refractivity contribution in [2.45, 2.75) is 44.6 Å². The molecule has 2 unspecified atom stereocenters. The summed E-state index contributed by atoms with van der Waals surface area (Å²) in [6, 6.07) is 15.7. The van der Waals surface area contributed by atoms with Crippen LogP contribution in [0.5, 0.6) is 5.75 Å². The van der Waals surface area contributed by atoms with E-state index in [0.29, 0.717) is 17.5 Å². The lowest BCUT2D eigenvalue weighted by molar-refractivity contribution is -0.141. The Kier molecular flexibility index (Phi) is 8.80. The normalized spacial score (nSPS) is 17.1. The van der Waals surface area contributed by atoms with Crippen LogP contribution in [0.2, 0.25) is 0 Å². The summed E-state index contributed by atoms with van der Waals surface area (Å²) in [4.78, 5) is 36.2. The third-order valence-electron chi connectivity index (χ3n) is 4.73. The Morgan fingerprint density at radius 3 is 2.47 bits per heavy atom. The number of carbonyl (C=O) groups excluding carboxylic acids is 2. The van der Waals surface area contributed by atoms with Crippen molar-refractivity contribution in [3.05, 3.63) is 65.7 Å². The van der Waals surface area contributed by atoms with Crippen molar-refractivity contribution in [3.8, 4) is 5.75 Å². The van der Waals surface area contributed by atoms with Gasteiger partial charge in [0, 0.05) is 18.6 Å². The van der Waals surface area contributed by atoms with Crippen LogP contribution < -0.4 is 15.4 Å². The molecule has 34 heavy (non-hydrogen) atoms. The van der Waals surface area contributed by atoms with Crippen molar-refractivity contribution in [1.82, 2.24) is 10.6 Å². The van der Waals surface area contributed by atoms with Crippen LogP contribution in [-0.2, 0) is 27.4 Å². The summed E-state index contributed by atoms with van der Waals surface area (Å²) in [5, 5.41) is 22.1. The van der Waals surface area contributed by atoms with E-state index in [2.05, 4.69) is 20.8 Å². The highest BCUT2D eigenvalue weighted by Crippen LogP contribution is 2.22. The van der Waals surface area contributed by atoms with E-state index in [-0.39, 0.29) is 18.7 Å². The van der Waals surface area contributed by atoms with Gasteiger partial charge in [0.1, 0.15) is 23.6 Å². The molecule has 0 spiro atoms. The molecule has 0 radical (unpaired) electrons. The summed E-state index contributed by atoms with van der Waals surface area (Å²) >= 11 is 1.09. The molecule has 0 aliphatic carbocycles. The number of nitrogens with one attached hydrogen (secondary N) is 2. The first-order chi connectivity index (χ1) is 16.3. The zero-order valence-electron chi connectivity index (χ0n) is 18.9. The van der Waals surface area contributed by atoms with Crippen LogP contribution in [0, 0.1) is 0 Å². The van der Waals surface area contributed by atoms with E-state index in [1.54, 1.807) is 38.1 Å². The Morgan fingerprint density at radius 2 is 1.82 bits per heavy atom. The van der Waals surface area contributed by atoms with Crippen molar-refractivity contribution in [1.29, 1.82) is 0 Å². The Morgan fingerprint density at radius 1 is 1.12 bits per heavy atom. The van der Waals surface area contributed by atoms with Crippen LogP contribution in [-0.4, -0.2) is 45.1 Å². The number of nitrogens with zero attached hydrogens (tertiary/aromatic N) is 2. The molecule has 1 fully saturated rings. The van der Waals surface area contributed by atoms with Gasteiger partial charge in [0.15, 0.2) is 5.17 Å². The molecule has 1 aliphatic heterocycles. The zero-order valence-corrected chi connectivity index (χ0v) is 19.7. The Hall–Kier alpha value is -3.66. The smallest absolute Gasteiger partial charge is 0.326 e. The van der Waals surface area contributed by atoms with Crippen LogP contribution in [0.4, 0.5) is 0 Å². The molecule has 0 saturated carbocycles. The number of carboxylic acid groups (broad SMARTS) is 1. The molecule has 2 aromatic rings. The number of ether oxygens (including phenoxy) is 1. The molecule has 3 N–H and O–H groups in total. The van der Waals surface area contributed by atoms with Gasteiger partial charge in [-0.15, -0.1) is 5.10 Å². The predicted molar refractivity (Wildman–Crippen MR) is 131 cm³/mol. The maximum Gasteiger partial charge on any atom is 0.326 e. The number of benzene rings is 2. The molecular weight excluding hydrogens is 456 g/mol. The molecule has 178 valence electrons. The number of amidine groups is 1. The quantitative estimate of drug-likeness (QED) is 0.353. The second-order valence-electron chi connectivity index (χ2n) is 7.83. The Balaban J connectivity index is 1.52. The van der Waals surface area contributed by atoms with Crippen LogP contribution in [0.3, 0.4) is 0 Å². The minimum Gasteiger partial charge on any atom is -0.489 e. The van der Waals surface area contributed by atoms with Gasteiger partial charge in [-0.25, -0.2) is 4.79 Å². The highest BCUT2D eigenvalue weighted by atomic mass is 32.2. The van der Waals surface area contributed by atoms with Gasteiger partial charge in [-0.1, -0.05) is 54.2 Å². The molecule has 9 nitrogen and oxygen atoms in total. The molecule has 2 atom stereocenters. The molecule has 0 aromatic heterocycles. The third kappa shape index (κ3) is 7.73. The number of carboxylic acids is 1. The Bertz CT molecular complexity index is 1080. The monoisotopic (exact) mass is 482 g/mol. The van der Waals surface area contributed by atoms with E-state index in [0.717, 1.165) is 28.6 Å². The van der Waals surface area contributed by atoms with E-state index in [9.17, 15) is 19.5 Å². The molecular formula is C24H26N4O5S. The van der Waals surface area contributed by atoms with Crippen molar-refractivity contribution < 1.29 is 24.2 Å². The highest BCUT2D eigenvalue weighted by Gasteiger charge is 2.33. The number of hydrogen-bond acceptors (Lipinski definition) is 7. The molecule has 2 amide bonds. The van der Waals surface area contributed by atoms with Crippen molar-refractivity contribution >= 4 is 40.4 Å². The first-order valence-electron chi connectivity index (χ1n) is 10.6. The predicted octanol–water partition coefficient (Wildman–Crippen LogP) is 2.75. The van der Waals surface area contributed by atoms with Crippen LogP contribution in [0.15, 0.2) is 64.8 Å². The standard InChI is InChI=1S/C24H26N4O5S/c1-15(2)27-28-24-26-22(30)20(34-24)13-21(29)25-19(23(31)32)12-16-8-10-18(11-9-16)33-14-17-6-4-3-5-7-17/h3-11,19-20H,12-14H2,1-2H3,(H,25,29)(H,31,32)(H,26,28,30). The van der Waals surface area contributed by atoms with Gasteiger partial charge in [-0.05, 0) is 37.1 Å². The lowest BCUT2D eigenvalue weighted by Gasteiger charge is -2.16. The van der Waals surface area contributed by atoms with Gasteiger partial charge in [-0.3, -0.25) is 9.59 Å². The number of aliphatic carboxylic acids is 1. The molecule has 1 aliphatic rings. The van der Waals surface area contributed by atoms with Gasteiger partial charge in [0.25, 0.3) is 0 Å². The molecule has 3 rings (SSSR count). The largest absolute Gasteiger partial charge is 0.489 e. The maximum absolute atomic E-state index is 12.4. The number of hydrogen-bond donors (Lipinski definition) is 3. The van der Waals surface area contributed by atoms with Crippen LogP contribution >= 0.6 is 11.8 Å². The fraction of sp³-hybridized carbons (Fsp3) is 0.292. The first-order valence-corrected chi connectivity index (χ1v) is 11.5. The van der Waals surface area contributed by atoms with Gasteiger partial charge < -0.3 is 20.5 Å². The van der Waals surface area contributed by atoms with E-state index >= 15 is 0 Å². The average Bonchev–Trinajstić information content (AvgIpc) is 3.16. The molecule has 1 saturated heterocycles. The van der Waals surface area contributed by atoms with E-state index in [1.165, 1.54) is 0 Å². The van der Waals surface area contributed by atoms with Gasteiger partial charge in [-0.2, -0.15) is 5.10 Å². The SMILES string of the molecule is CC(C)=NN=C1NC(=O)C(CC(=O)NC(Cc2ccc(OCc3ccccc3)cc2)C(=O)O)S1. The third-order valence-corrected chi connectivity index (χ3v) is 5.81. The molecule has 1 heterocycles. The first kappa shape index (κ1) is 25.0. The zero-order chi connectivity index (χ0) is 24.5. The van der Waals surface area contributed by atoms with E-state index in [4.69, 9.17) is 4.74 Å². The number of amides is 2. The number of thioether (sulfide) groups is 1. The lowest BCUT2D eigenvalue weighted by atomic mass is 10.1. The number of carbonyl (C=O) groups is 3. The Labute approximate surface area is 201 Å². The summed E-state index contributed by atoms with van der Waals surface area (Å²) in [6.07, 6.45) is -0.0678. The molecule has 10 heteroatoms. The summed E-state index contributed by atoms with van der Waals surface area (Å²) in [5.74, 6) is -1.38. The topological polar surface area (TPSA) is 129 Å². The van der Waals surface area contributed by atoms with Gasteiger partial charge in [0.05, 0.1) is 0 Å². The fourth-order valence-electron chi connectivity index (χ4n) is 3.05. The second kappa shape index (κ2) is 12.0. The van der Waals surface area contributed by atoms with Crippen LogP contribution in [0.25, 0.3) is 0 Å². The minimum atomic E-state index is -1.16. The summed E-state index contributed by atoms with van der Waals surface area (Å²) in [5.41, 5.74) is 2.50. The highest BCUT2D eigenvalue weighted by molar-refractivity contribution is 8.15. The fourth-order valence-corrected chi connectivity index (χ4v) is 3.97. The van der Waals surface area contributed by atoms with Crippen LogP contribution in [0.1, 0.15) is 31.4 Å². The molecule has 0 bridgehead atoms.